The Labute approximate surface area is 138 Å². The van der Waals surface area contributed by atoms with Crippen LogP contribution in [-0.2, 0) is 0 Å². The lowest BCUT2D eigenvalue weighted by atomic mass is 10.1. The van der Waals surface area contributed by atoms with Gasteiger partial charge in [-0.05, 0) is 25.5 Å². The van der Waals surface area contributed by atoms with Crippen molar-refractivity contribution < 1.29 is 18.7 Å². The van der Waals surface area contributed by atoms with E-state index in [-0.39, 0.29) is 13.2 Å². The fraction of sp³-hybridized carbons (Fsp3) is 0.375. The van der Waals surface area contributed by atoms with E-state index in [1.165, 1.54) is 6.20 Å². The van der Waals surface area contributed by atoms with Crippen molar-refractivity contribution in [2.45, 2.75) is 20.3 Å². The smallest absolute Gasteiger partial charge is 0.322 e. The van der Waals surface area contributed by atoms with Crippen molar-refractivity contribution in [2.75, 3.05) is 25.0 Å². The Morgan fingerprint density at radius 3 is 2.79 bits per heavy atom. The van der Waals surface area contributed by atoms with Crippen molar-refractivity contribution >= 4 is 11.7 Å². The quantitative estimate of drug-likeness (QED) is 0.850. The minimum atomic E-state index is -2.67. The number of aliphatic hydroxyl groups excluding tert-OH is 1. The molecule has 1 aromatic heterocycles. The predicted molar refractivity (Wildman–Crippen MR) is 86.7 cm³/mol. The number of urea groups is 1. The first-order valence-electron chi connectivity index (χ1n) is 7.48. The molecule has 0 aliphatic carbocycles. The van der Waals surface area contributed by atoms with Gasteiger partial charge in [-0.25, -0.2) is 18.3 Å². The van der Waals surface area contributed by atoms with Gasteiger partial charge in [-0.15, -0.1) is 0 Å². The highest BCUT2D eigenvalue weighted by Gasteiger charge is 2.18. The van der Waals surface area contributed by atoms with E-state index in [1.54, 1.807) is 10.9 Å². The van der Waals surface area contributed by atoms with Crippen molar-refractivity contribution in [3.05, 3.63) is 41.7 Å². The zero-order chi connectivity index (χ0) is 17.7. The number of carbonyl (C=O) groups excluding carboxylic acids is 1. The van der Waals surface area contributed by atoms with Crippen LogP contribution in [0.2, 0.25) is 0 Å². The summed E-state index contributed by atoms with van der Waals surface area (Å²) in [6.07, 6.45) is 0.381. The molecule has 0 atom stereocenters. The molecule has 0 fully saturated rings. The van der Waals surface area contributed by atoms with Crippen LogP contribution < -0.4 is 5.32 Å². The molecular formula is C16H20F2N4O2. The van der Waals surface area contributed by atoms with Crippen LogP contribution in [0.3, 0.4) is 0 Å². The Morgan fingerprint density at radius 1 is 1.42 bits per heavy atom. The van der Waals surface area contributed by atoms with Crippen LogP contribution in [-0.4, -0.2) is 51.9 Å². The van der Waals surface area contributed by atoms with Gasteiger partial charge in [0.05, 0.1) is 36.9 Å². The zero-order valence-electron chi connectivity index (χ0n) is 13.5. The minimum absolute atomic E-state index is 0.165. The number of hydrogen-bond donors (Lipinski definition) is 2. The minimum Gasteiger partial charge on any atom is -0.395 e. The van der Waals surface area contributed by atoms with Crippen LogP contribution in [0.25, 0.3) is 5.69 Å². The molecule has 2 amide bonds. The number of amides is 2. The lowest BCUT2D eigenvalue weighted by molar-refractivity contribution is 0.0943. The number of anilines is 1. The molecule has 0 saturated heterocycles. The molecule has 0 spiro atoms. The van der Waals surface area contributed by atoms with Crippen LogP contribution in [0, 0.1) is 13.8 Å². The molecule has 2 aromatic rings. The molecule has 0 bridgehead atoms. The SMILES string of the molecule is Cc1ccc(-n2cc(NC(=O)N(CCO)CC(F)F)cn2)c(C)c1. The summed E-state index contributed by atoms with van der Waals surface area (Å²) >= 11 is 0. The zero-order valence-corrected chi connectivity index (χ0v) is 13.5. The Morgan fingerprint density at radius 2 is 2.17 bits per heavy atom. The van der Waals surface area contributed by atoms with Gasteiger partial charge in [-0.3, -0.25) is 0 Å². The molecule has 2 rings (SSSR count). The van der Waals surface area contributed by atoms with Crippen LogP contribution in [0.15, 0.2) is 30.6 Å². The summed E-state index contributed by atoms with van der Waals surface area (Å²) in [5.41, 5.74) is 3.40. The first kappa shape index (κ1) is 17.9. The Hall–Kier alpha value is -2.48. The molecular weight excluding hydrogens is 318 g/mol. The van der Waals surface area contributed by atoms with E-state index in [0.717, 1.165) is 21.7 Å². The van der Waals surface area contributed by atoms with Gasteiger partial charge in [0.25, 0.3) is 6.43 Å². The highest BCUT2D eigenvalue weighted by Crippen LogP contribution is 2.17. The summed E-state index contributed by atoms with van der Waals surface area (Å²) in [4.78, 5) is 12.9. The molecule has 1 aromatic carbocycles. The number of halogens is 2. The number of aromatic nitrogens is 2. The standard InChI is InChI=1S/C16H20F2N4O2/c1-11-3-4-14(12(2)7-11)22-9-13(8-19-22)20-16(24)21(5-6-23)10-15(17)18/h3-4,7-9,15,23H,5-6,10H2,1-2H3,(H,20,24). The Bertz CT molecular complexity index is 703. The van der Waals surface area contributed by atoms with Gasteiger partial charge in [0, 0.05) is 6.54 Å². The van der Waals surface area contributed by atoms with Crippen LogP contribution in [0.1, 0.15) is 11.1 Å². The van der Waals surface area contributed by atoms with Crippen molar-refractivity contribution in [3.8, 4) is 5.69 Å². The Balaban J connectivity index is 2.11. The van der Waals surface area contributed by atoms with Gasteiger partial charge in [0.2, 0.25) is 0 Å². The molecule has 0 unspecified atom stereocenters. The van der Waals surface area contributed by atoms with Gasteiger partial charge < -0.3 is 15.3 Å². The Kier molecular flexibility index (Phi) is 5.86. The maximum absolute atomic E-state index is 12.5. The number of alkyl halides is 2. The summed E-state index contributed by atoms with van der Waals surface area (Å²) in [5.74, 6) is 0. The highest BCUT2D eigenvalue weighted by atomic mass is 19.3. The van der Waals surface area contributed by atoms with Gasteiger partial charge in [0.1, 0.15) is 0 Å². The van der Waals surface area contributed by atoms with E-state index >= 15 is 0 Å². The van der Waals surface area contributed by atoms with Gasteiger partial charge in [-0.1, -0.05) is 17.7 Å². The van der Waals surface area contributed by atoms with E-state index in [2.05, 4.69) is 10.4 Å². The lowest BCUT2D eigenvalue weighted by Crippen LogP contribution is -2.40. The largest absolute Gasteiger partial charge is 0.395 e. The third kappa shape index (κ3) is 4.51. The fourth-order valence-corrected chi connectivity index (χ4v) is 2.35. The van der Waals surface area contributed by atoms with Gasteiger partial charge in [-0.2, -0.15) is 5.10 Å². The molecule has 0 aliphatic rings. The van der Waals surface area contributed by atoms with Crippen molar-refractivity contribution in [1.29, 1.82) is 0 Å². The summed E-state index contributed by atoms with van der Waals surface area (Å²) in [6, 6.07) is 5.18. The average Bonchev–Trinajstić information content (AvgIpc) is 2.94. The number of rotatable bonds is 6. The molecule has 8 heteroatoms. The summed E-state index contributed by atoms with van der Waals surface area (Å²) in [6.45, 7) is 2.65. The molecule has 1 heterocycles. The lowest BCUT2D eigenvalue weighted by Gasteiger charge is -2.21. The second kappa shape index (κ2) is 7.87. The number of nitrogens with zero attached hydrogens (tertiary/aromatic N) is 3. The average molecular weight is 338 g/mol. The molecule has 6 nitrogen and oxygen atoms in total. The topological polar surface area (TPSA) is 70.4 Å². The first-order valence-corrected chi connectivity index (χ1v) is 7.48. The number of carbonyl (C=O) groups is 1. The van der Waals surface area contributed by atoms with Crippen LogP contribution in [0.4, 0.5) is 19.3 Å². The van der Waals surface area contributed by atoms with Gasteiger partial charge >= 0.3 is 6.03 Å². The van der Waals surface area contributed by atoms with E-state index in [4.69, 9.17) is 5.11 Å². The molecule has 24 heavy (non-hydrogen) atoms. The molecule has 0 aliphatic heterocycles. The number of aryl methyl sites for hydroxylation is 2. The van der Waals surface area contributed by atoms with Crippen molar-refractivity contribution in [3.63, 3.8) is 0 Å². The fourth-order valence-electron chi connectivity index (χ4n) is 2.35. The summed E-state index contributed by atoms with van der Waals surface area (Å²) < 4.78 is 26.6. The maximum atomic E-state index is 12.5. The first-order chi connectivity index (χ1) is 11.4. The number of aliphatic hydroxyl groups is 1. The second-order valence-electron chi connectivity index (χ2n) is 5.45. The van der Waals surface area contributed by atoms with Crippen molar-refractivity contribution in [2.24, 2.45) is 0 Å². The van der Waals surface area contributed by atoms with Crippen LogP contribution >= 0.6 is 0 Å². The molecule has 130 valence electrons. The number of nitrogens with one attached hydrogen (secondary N) is 1. The van der Waals surface area contributed by atoms with E-state index in [0.29, 0.717) is 5.69 Å². The monoisotopic (exact) mass is 338 g/mol. The van der Waals surface area contributed by atoms with Gasteiger partial charge in [0.15, 0.2) is 0 Å². The van der Waals surface area contributed by atoms with E-state index in [1.807, 2.05) is 32.0 Å². The van der Waals surface area contributed by atoms with E-state index < -0.39 is 19.0 Å². The summed E-state index contributed by atoms with van der Waals surface area (Å²) in [5, 5.41) is 15.6. The predicted octanol–water partition coefficient (Wildman–Crippen LogP) is 2.58. The van der Waals surface area contributed by atoms with Crippen molar-refractivity contribution in [1.82, 2.24) is 14.7 Å². The highest BCUT2D eigenvalue weighted by molar-refractivity contribution is 5.89. The normalized spacial score (nSPS) is 10.9. The molecule has 2 N–H and O–H groups in total. The third-order valence-corrected chi connectivity index (χ3v) is 3.45. The third-order valence-electron chi connectivity index (χ3n) is 3.45. The molecule has 0 radical (unpaired) electrons. The number of benzene rings is 1. The summed E-state index contributed by atoms with van der Waals surface area (Å²) in [7, 11) is 0. The van der Waals surface area contributed by atoms with E-state index in [9.17, 15) is 13.6 Å². The number of hydrogen-bond acceptors (Lipinski definition) is 3. The maximum Gasteiger partial charge on any atom is 0.322 e. The van der Waals surface area contributed by atoms with Crippen LogP contribution in [0.5, 0.6) is 0 Å². The second-order valence-corrected chi connectivity index (χ2v) is 5.45. The molecule has 0 saturated carbocycles.